The van der Waals surface area contributed by atoms with E-state index in [0.717, 1.165) is 16.7 Å². The number of carbonyl (C=O) groups excluding carboxylic acids is 1. The summed E-state index contributed by atoms with van der Waals surface area (Å²) in [6.07, 6.45) is 5.65. The third-order valence-electron chi connectivity index (χ3n) is 5.05. The Balaban J connectivity index is 1.84. The van der Waals surface area contributed by atoms with Gasteiger partial charge in [-0.25, -0.2) is 0 Å². The van der Waals surface area contributed by atoms with Gasteiger partial charge in [-0.2, -0.15) is 0 Å². The number of nitrogens with zero attached hydrogens (tertiary/aromatic N) is 1. The average molecular weight is 354 g/mol. The van der Waals surface area contributed by atoms with Gasteiger partial charge < -0.3 is 15.2 Å². The van der Waals surface area contributed by atoms with Gasteiger partial charge in [0.15, 0.2) is 0 Å². The first-order valence-corrected chi connectivity index (χ1v) is 9.12. The fourth-order valence-corrected chi connectivity index (χ4v) is 3.45. The van der Waals surface area contributed by atoms with Crippen LogP contribution in [0.15, 0.2) is 48.8 Å². The van der Waals surface area contributed by atoms with Crippen LogP contribution in [0.2, 0.25) is 0 Å². The molecule has 26 heavy (non-hydrogen) atoms. The van der Waals surface area contributed by atoms with Gasteiger partial charge in [-0.15, -0.1) is 0 Å². The van der Waals surface area contributed by atoms with Crippen LogP contribution in [0.3, 0.4) is 0 Å². The fourth-order valence-electron chi connectivity index (χ4n) is 3.45. The molecule has 0 aliphatic carbocycles. The average Bonchev–Trinajstić information content (AvgIpc) is 2.69. The first-order valence-electron chi connectivity index (χ1n) is 9.12. The monoisotopic (exact) mass is 354 g/mol. The summed E-state index contributed by atoms with van der Waals surface area (Å²) < 4.78 is 5.50. The summed E-state index contributed by atoms with van der Waals surface area (Å²) in [6.45, 7) is 2.93. The number of carbonyl (C=O) groups is 1. The quantitative estimate of drug-likeness (QED) is 0.836. The molecule has 2 heterocycles. The number of benzene rings is 1. The molecule has 1 aliphatic rings. The minimum Gasteiger partial charge on any atom is -0.394 e. The van der Waals surface area contributed by atoms with E-state index in [1.54, 1.807) is 6.20 Å². The lowest BCUT2D eigenvalue weighted by molar-refractivity contribution is -0.137. The molecule has 2 N–H and O–H groups in total. The topological polar surface area (TPSA) is 71.5 Å². The maximum atomic E-state index is 13.0. The largest absolute Gasteiger partial charge is 0.394 e. The summed E-state index contributed by atoms with van der Waals surface area (Å²) in [7, 11) is 0. The van der Waals surface area contributed by atoms with Crippen molar-refractivity contribution in [1.82, 2.24) is 10.3 Å². The Morgan fingerprint density at radius 1 is 1.27 bits per heavy atom. The normalized spacial score (nSPS) is 17.5. The number of aliphatic hydroxyl groups excluding tert-OH is 1. The minimum absolute atomic E-state index is 0.00845. The maximum absolute atomic E-state index is 13.0. The Bertz CT molecular complexity index is 727. The predicted octanol–water partition coefficient (Wildman–Crippen LogP) is 2.58. The lowest BCUT2D eigenvalue weighted by Gasteiger charge is -2.36. The maximum Gasteiger partial charge on any atom is 0.227 e. The molecule has 1 aromatic heterocycles. The highest BCUT2D eigenvalue weighted by molar-refractivity contribution is 5.83. The van der Waals surface area contributed by atoms with Crippen molar-refractivity contribution in [3.8, 4) is 11.1 Å². The first kappa shape index (κ1) is 18.5. The molecule has 1 aliphatic heterocycles. The molecule has 1 atom stereocenters. The van der Waals surface area contributed by atoms with Gasteiger partial charge in [-0.1, -0.05) is 30.3 Å². The van der Waals surface area contributed by atoms with Crippen molar-refractivity contribution in [3.63, 3.8) is 0 Å². The molecule has 5 heteroatoms. The summed E-state index contributed by atoms with van der Waals surface area (Å²) in [5.74, 6) is 0.00845. The van der Waals surface area contributed by atoms with Crippen LogP contribution in [0, 0.1) is 5.41 Å². The van der Waals surface area contributed by atoms with Gasteiger partial charge in [0.2, 0.25) is 5.91 Å². The van der Waals surface area contributed by atoms with Gasteiger partial charge in [-0.3, -0.25) is 9.78 Å². The molecule has 1 aromatic carbocycles. The number of amides is 1. The van der Waals surface area contributed by atoms with E-state index in [0.29, 0.717) is 32.5 Å². The minimum atomic E-state index is -0.491. The summed E-state index contributed by atoms with van der Waals surface area (Å²) in [4.78, 5) is 17.1. The fraction of sp³-hybridized carbons (Fsp3) is 0.429. The van der Waals surface area contributed by atoms with E-state index >= 15 is 0 Å². The molecule has 0 spiro atoms. The summed E-state index contributed by atoms with van der Waals surface area (Å²) in [5.41, 5.74) is 2.80. The summed E-state index contributed by atoms with van der Waals surface area (Å²) in [6, 6.07) is 12.0. The van der Waals surface area contributed by atoms with Crippen molar-refractivity contribution in [2.24, 2.45) is 5.41 Å². The Kier molecular flexibility index (Phi) is 6.01. The van der Waals surface area contributed by atoms with Gasteiger partial charge in [0.25, 0.3) is 0 Å². The van der Waals surface area contributed by atoms with Crippen molar-refractivity contribution in [1.29, 1.82) is 0 Å². The van der Waals surface area contributed by atoms with Crippen LogP contribution in [-0.2, 0) is 16.0 Å². The van der Waals surface area contributed by atoms with Crippen LogP contribution in [0.25, 0.3) is 11.1 Å². The van der Waals surface area contributed by atoms with Crippen molar-refractivity contribution >= 4 is 5.91 Å². The molecule has 1 amide bonds. The number of hydrogen-bond donors (Lipinski definition) is 2. The number of pyridine rings is 1. The van der Waals surface area contributed by atoms with Gasteiger partial charge in [0.05, 0.1) is 12.0 Å². The molecule has 1 saturated heterocycles. The number of aliphatic hydroxyl groups is 1. The van der Waals surface area contributed by atoms with E-state index in [4.69, 9.17) is 4.74 Å². The SMILES string of the molecule is CC(CO)NC(=O)C1(Cc2cccc(-c3cccnc3)c2)CCOCC1. The first-order chi connectivity index (χ1) is 12.6. The predicted molar refractivity (Wildman–Crippen MR) is 101 cm³/mol. The van der Waals surface area contributed by atoms with Gasteiger partial charge in [-0.05, 0) is 48.9 Å². The van der Waals surface area contributed by atoms with Crippen LogP contribution >= 0.6 is 0 Å². The van der Waals surface area contributed by atoms with Crippen LogP contribution in [0.1, 0.15) is 25.3 Å². The molecule has 3 rings (SSSR count). The summed E-state index contributed by atoms with van der Waals surface area (Å²) in [5, 5.41) is 12.2. The van der Waals surface area contributed by atoms with E-state index < -0.39 is 5.41 Å². The zero-order valence-electron chi connectivity index (χ0n) is 15.1. The number of hydrogen-bond acceptors (Lipinski definition) is 4. The standard InChI is InChI=1S/C21H26N2O3/c1-16(15-24)23-20(25)21(7-10-26-11-8-21)13-17-4-2-5-18(12-17)19-6-3-9-22-14-19/h2-6,9,12,14,16,24H,7-8,10-11,13,15H2,1H3,(H,23,25). The molecule has 1 unspecified atom stereocenters. The molecule has 0 bridgehead atoms. The van der Waals surface area contributed by atoms with Crippen molar-refractivity contribution in [2.45, 2.75) is 32.2 Å². The molecule has 138 valence electrons. The van der Waals surface area contributed by atoms with Crippen molar-refractivity contribution < 1.29 is 14.6 Å². The molecule has 2 aromatic rings. The highest BCUT2D eigenvalue weighted by Gasteiger charge is 2.40. The lowest BCUT2D eigenvalue weighted by Crippen LogP contribution is -2.49. The zero-order valence-corrected chi connectivity index (χ0v) is 15.1. The second-order valence-electron chi connectivity index (χ2n) is 7.07. The van der Waals surface area contributed by atoms with Crippen LogP contribution in [-0.4, -0.2) is 41.9 Å². The summed E-state index contributed by atoms with van der Waals surface area (Å²) >= 11 is 0. The third-order valence-corrected chi connectivity index (χ3v) is 5.05. The highest BCUT2D eigenvalue weighted by Crippen LogP contribution is 2.35. The lowest BCUT2D eigenvalue weighted by atomic mass is 9.74. The van der Waals surface area contributed by atoms with Gasteiger partial charge in [0.1, 0.15) is 0 Å². The van der Waals surface area contributed by atoms with E-state index in [9.17, 15) is 9.90 Å². The van der Waals surface area contributed by atoms with E-state index in [1.807, 2.05) is 31.3 Å². The van der Waals surface area contributed by atoms with Crippen molar-refractivity contribution in [2.75, 3.05) is 19.8 Å². The van der Waals surface area contributed by atoms with Crippen LogP contribution in [0.4, 0.5) is 0 Å². The van der Waals surface area contributed by atoms with Crippen LogP contribution in [0.5, 0.6) is 0 Å². The molecular weight excluding hydrogens is 328 g/mol. The number of ether oxygens (including phenoxy) is 1. The zero-order chi connectivity index (χ0) is 18.4. The van der Waals surface area contributed by atoms with Gasteiger partial charge >= 0.3 is 0 Å². The van der Waals surface area contributed by atoms with E-state index in [-0.39, 0.29) is 18.6 Å². The molecule has 1 fully saturated rings. The smallest absolute Gasteiger partial charge is 0.227 e. The molecule has 5 nitrogen and oxygen atoms in total. The second kappa shape index (κ2) is 8.43. The number of rotatable bonds is 6. The molecule has 0 saturated carbocycles. The van der Waals surface area contributed by atoms with Crippen molar-refractivity contribution in [3.05, 3.63) is 54.4 Å². The van der Waals surface area contributed by atoms with E-state index in [1.165, 1.54) is 0 Å². The molecular formula is C21H26N2O3. The van der Waals surface area contributed by atoms with E-state index in [2.05, 4.69) is 28.5 Å². The number of nitrogens with one attached hydrogen (secondary N) is 1. The Hall–Kier alpha value is -2.24. The van der Waals surface area contributed by atoms with Gasteiger partial charge in [0, 0.05) is 31.6 Å². The van der Waals surface area contributed by atoms with Crippen LogP contribution < -0.4 is 5.32 Å². The Morgan fingerprint density at radius 3 is 2.73 bits per heavy atom. The second-order valence-corrected chi connectivity index (χ2v) is 7.07. The Morgan fingerprint density at radius 2 is 2.04 bits per heavy atom. The third kappa shape index (κ3) is 4.29. The molecule has 0 radical (unpaired) electrons. The Labute approximate surface area is 154 Å². The highest BCUT2D eigenvalue weighted by atomic mass is 16.5. The number of aromatic nitrogens is 1.